The van der Waals surface area contributed by atoms with Crippen LogP contribution in [0.2, 0.25) is 0 Å². The lowest BCUT2D eigenvalue weighted by Gasteiger charge is -2.19. The summed E-state index contributed by atoms with van der Waals surface area (Å²) in [5.41, 5.74) is 7.14. The lowest BCUT2D eigenvalue weighted by molar-refractivity contribution is 0.301. The van der Waals surface area contributed by atoms with E-state index in [4.69, 9.17) is 5.73 Å². The molecule has 2 rings (SSSR count). The number of nitrogens with zero attached hydrogens (tertiary/aromatic N) is 1. The number of rotatable bonds is 6. The van der Waals surface area contributed by atoms with Gasteiger partial charge in [-0.25, -0.2) is 4.39 Å². The molecule has 0 spiro atoms. The maximum Gasteiger partial charge on any atom is 0.123 e. The minimum absolute atomic E-state index is 0.00433. The number of hydrogen-bond acceptors (Lipinski definition) is 2. The number of benzene rings is 1. The van der Waals surface area contributed by atoms with Crippen molar-refractivity contribution in [2.75, 3.05) is 20.1 Å². The second-order valence-electron chi connectivity index (χ2n) is 5.68. The summed E-state index contributed by atoms with van der Waals surface area (Å²) < 4.78 is 12.8. The molecule has 1 fully saturated rings. The zero-order chi connectivity index (χ0) is 13.1. The van der Waals surface area contributed by atoms with E-state index in [-0.39, 0.29) is 11.9 Å². The summed E-state index contributed by atoms with van der Waals surface area (Å²) in [6.07, 6.45) is 2.29. The van der Waals surface area contributed by atoms with E-state index in [1.54, 1.807) is 12.1 Å². The molecule has 3 heteroatoms. The molecule has 0 radical (unpaired) electrons. The van der Waals surface area contributed by atoms with Crippen molar-refractivity contribution in [3.05, 3.63) is 35.6 Å². The maximum atomic E-state index is 12.8. The molecule has 2 nitrogen and oxygen atoms in total. The van der Waals surface area contributed by atoms with E-state index >= 15 is 0 Å². The Morgan fingerprint density at radius 1 is 1.39 bits per heavy atom. The molecule has 1 aliphatic carbocycles. The van der Waals surface area contributed by atoms with Gasteiger partial charge in [-0.1, -0.05) is 19.1 Å². The van der Waals surface area contributed by atoms with Crippen molar-refractivity contribution in [1.29, 1.82) is 0 Å². The fraction of sp³-hybridized carbons (Fsp3) is 0.600. The Labute approximate surface area is 109 Å². The first-order chi connectivity index (χ1) is 8.56. The van der Waals surface area contributed by atoms with Crippen LogP contribution in [0.3, 0.4) is 0 Å². The number of nitrogens with two attached hydrogens (primary N) is 1. The molecule has 0 amide bonds. The van der Waals surface area contributed by atoms with Crippen LogP contribution >= 0.6 is 0 Å². The van der Waals surface area contributed by atoms with Gasteiger partial charge in [0.2, 0.25) is 0 Å². The summed E-state index contributed by atoms with van der Waals surface area (Å²) >= 11 is 0. The number of hydrogen-bond donors (Lipinski definition) is 1. The molecule has 3 atom stereocenters. The normalized spacial score (nSPS) is 24.3. The van der Waals surface area contributed by atoms with E-state index in [1.165, 1.54) is 25.1 Å². The summed E-state index contributed by atoms with van der Waals surface area (Å²) in [5, 5.41) is 0. The average Bonchev–Trinajstić information content (AvgIpc) is 3.02. The zero-order valence-electron chi connectivity index (χ0n) is 11.3. The van der Waals surface area contributed by atoms with Gasteiger partial charge in [0.1, 0.15) is 5.82 Å². The van der Waals surface area contributed by atoms with E-state index in [2.05, 4.69) is 18.9 Å². The van der Waals surface area contributed by atoms with Gasteiger partial charge in [-0.3, -0.25) is 0 Å². The van der Waals surface area contributed by atoms with Crippen LogP contribution in [0.1, 0.15) is 31.4 Å². The van der Waals surface area contributed by atoms with Crippen LogP contribution in [0, 0.1) is 17.7 Å². The smallest absolute Gasteiger partial charge is 0.123 e. The minimum Gasteiger partial charge on any atom is -0.324 e. The van der Waals surface area contributed by atoms with Crippen LogP contribution < -0.4 is 5.73 Å². The maximum absolute atomic E-state index is 12.8. The fourth-order valence-electron chi connectivity index (χ4n) is 2.38. The van der Waals surface area contributed by atoms with E-state index in [0.29, 0.717) is 0 Å². The highest BCUT2D eigenvalue weighted by Crippen LogP contribution is 2.37. The summed E-state index contributed by atoms with van der Waals surface area (Å²) in [4.78, 5) is 2.36. The molecule has 100 valence electrons. The Hall–Kier alpha value is -0.930. The third-order valence-corrected chi connectivity index (χ3v) is 3.94. The molecule has 1 aromatic carbocycles. The third kappa shape index (κ3) is 3.79. The highest BCUT2D eigenvalue weighted by Gasteiger charge is 2.32. The van der Waals surface area contributed by atoms with Crippen molar-refractivity contribution in [3.8, 4) is 0 Å². The standard InChI is InChI=1S/C15H23FN2/c1-11-9-13(11)10-18(2)8-7-15(17)12-3-5-14(16)6-4-12/h3-6,11,13,15H,7-10,17H2,1-2H3. The average molecular weight is 250 g/mol. The Balaban J connectivity index is 1.73. The lowest BCUT2D eigenvalue weighted by Crippen LogP contribution is -2.26. The first-order valence-corrected chi connectivity index (χ1v) is 6.76. The molecule has 0 bridgehead atoms. The van der Waals surface area contributed by atoms with Crippen molar-refractivity contribution >= 4 is 0 Å². The van der Waals surface area contributed by atoms with Crippen LogP contribution in [0.25, 0.3) is 0 Å². The molecule has 2 N–H and O–H groups in total. The van der Waals surface area contributed by atoms with Crippen LogP contribution in [-0.2, 0) is 0 Å². The van der Waals surface area contributed by atoms with E-state index in [0.717, 1.165) is 30.4 Å². The van der Waals surface area contributed by atoms with E-state index in [9.17, 15) is 4.39 Å². The minimum atomic E-state index is -0.203. The molecule has 1 saturated carbocycles. The molecule has 0 aliphatic heterocycles. The second-order valence-corrected chi connectivity index (χ2v) is 5.68. The Morgan fingerprint density at radius 3 is 2.56 bits per heavy atom. The number of halogens is 1. The monoisotopic (exact) mass is 250 g/mol. The molecular formula is C15H23FN2. The molecule has 18 heavy (non-hydrogen) atoms. The third-order valence-electron chi connectivity index (χ3n) is 3.94. The van der Waals surface area contributed by atoms with Crippen molar-refractivity contribution in [3.63, 3.8) is 0 Å². The van der Waals surface area contributed by atoms with Crippen molar-refractivity contribution < 1.29 is 4.39 Å². The van der Waals surface area contributed by atoms with Crippen LogP contribution in [0.15, 0.2) is 24.3 Å². The fourth-order valence-corrected chi connectivity index (χ4v) is 2.38. The highest BCUT2D eigenvalue weighted by molar-refractivity contribution is 5.19. The van der Waals surface area contributed by atoms with Gasteiger partial charge in [0.25, 0.3) is 0 Å². The summed E-state index contributed by atoms with van der Waals surface area (Å²) in [6.45, 7) is 4.49. The first kappa shape index (κ1) is 13.5. The molecular weight excluding hydrogens is 227 g/mol. The van der Waals surface area contributed by atoms with Gasteiger partial charge in [0.05, 0.1) is 0 Å². The molecule has 1 aromatic rings. The van der Waals surface area contributed by atoms with Gasteiger partial charge >= 0.3 is 0 Å². The van der Waals surface area contributed by atoms with Crippen LogP contribution in [-0.4, -0.2) is 25.0 Å². The predicted octanol–water partition coefficient (Wildman–Crippen LogP) is 2.80. The SMILES string of the molecule is CC1CC1CN(C)CCC(N)c1ccc(F)cc1. The molecule has 0 saturated heterocycles. The second kappa shape index (κ2) is 5.81. The van der Waals surface area contributed by atoms with Gasteiger partial charge < -0.3 is 10.6 Å². The topological polar surface area (TPSA) is 29.3 Å². The van der Waals surface area contributed by atoms with Crippen molar-refractivity contribution in [2.24, 2.45) is 17.6 Å². The van der Waals surface area contributed by atoms with E-state index < -0.39 is 0 Å². The van der Waals surface area contributed by atoms with Crippen molar-refractivity contribution in [2.45, 2.75) is 25.8 Å². The largest absolute Gasteiger partial charge is 0.324 e. The summed E-state index contributed by atoms with van der Waals surface area (Å²) in [5.74, 6) is 1.58. The Morgan fingerprint density at radius 2 is 2.00 bits per heavy atom. The molecule has 0 aromatic heterocycles. The Bertz CT molecular complexity index is 377. The van der Waals surface area contributed by atoms with Gasteiger partial charge in [0, 0.05) is 12.6 Å². The van der Waals surface area contributed by atoms with Crippen LogP contribution in [0.4, 0.5) is 4.39 Å². The lowest BCUT2D eigenvalue weighted by atomic mass is 10.0. The van der Waals surface area contributed by atoms with Gasteiger partial charge in [-0.15, -0.1) is 0 Å². The quantitative estimate of drug-likeness (QED) is 0.841. The van der Waals surface area contributed by atoms with E-state index in [1.807, 2.05) is 0 Å². The van der Waals surface area contributed by atoms with Crippen LogP contribution in [0.5, 0.6) is 0 Å². The van der Waals surface area contributed by atoms with Gasteiger partial charge in [-0.2, -0.15) is 0 Å². The van der Waals surface area contributed by atoms with Gasteiger partial charge in [-0.05, 0) is 56.0 Å². The molecule has 0 heterocycles. The summed E-state index contributed by atoms with van der Waals surface area (Å²) in [6, 6.07) is 6.52. The Kier molecular flexibility index (Phi) is 4.36. The molecule has 1 aliphatic rings. The molecule has 3 unspecified atom stereocenters. The van der Waals surface area contributed by atoms with Gasteiger partial charge in [0.15, 0.2) is 0 Å². The zero-order valence-corrected chi connectivity index (χ0v) is 11.3. The highest BCUT2D eigenvalue weighted by atomic mass is 19.1. The first-order valence-electron chi connectivity index (χ1n) is 6.76. The summed E-state index contributed by atoms with van der Waals surface area (Å²) in [7, 11) is 2.16. The predicted molar refractivity (Wildman–Crippen MR) is 72.7 cm³/mol. The van der Waals surface area contributed by atoms with Crippen molar-refractivity contribution in [1.82, 2.24) is 4.90 Å².